The Labute approximate surface area is 85.2 Å². The summed E-state index contributed by atoms with van der Waals surface area (Å²) in [5.41, 5.74) is 2.71. The Hall–Kier alpha value is -1.02. The lowest BCUT2D eigenvalue weighted by atomic mass is 9.82. The van der Waals surface area contributed by atoms with Crippen molar-refractivity contribution >= 4 is 0 Å². The molecule has 78 valence electrons. The van der Waals surface area contributed by atoms with Crippen molar-refractivity contribution in [3.63, 3.8) is 0 Å². The lowest BCUT2D eigenvalue weighted by molar-refractivity contribution is 0.276. The minimum absolute atomic E-state index is 0.00345. The fourth-order valence-electron chi connectivity index (χ4n) is 1.65. The van der Waals surface area contributed by atoms with Crippen molar-refractivity contribution in [3.05, 3.63) is 28.8 Å². The first-order chi connectivity index (χ1) is 6.38. The number of aliphatic hydroxyl groups excluding tert-OH is 1. The molecule has 1 aromatic rings. The summed E-state index contributed by atoms with van der Waals surface area (Å²) in [5.74, 6) is 0.252. The number of benzene rings is 1. The number of phenols is 1. The molecule has 0 atom stereocenters. The summed E-state index contributed by atoms with van der Waals surface area (Å²) in [6.07, 6.45) is 0. The number of hydrogen-bond donors (Lipinski definition) is 2. The summed E-state index contributed by atoms with van der Waals surface area (Å²) < 4.78 is 0. The van der Waals surface area contributed by atoms with Gasteiger partial charge in [0.2, 0.25) is 0 Å². The van der Waals surface area contributed by atoms with E-state index in [1.165, 1.54) is 0 Å². The molecular weight excluding hydrogens is 176 g/mol. The third-order valence-electron chi connectivity index (χ3n) is 2.54. The summed E-state index contributed by atoms with van der Waals surface area (Å²) in [6, 6.07) is 3.57. The highest BCUT2D eigenvalue weighted by atomic mass is 16.3. The second kappa shape index (κ2) is 3.62. The van der Waals surface area contributed by atoms with Crippen molar-refractivity contribution in [2.45, 2.75) is 39.7 Å². The molecule has 14 heavy (non-hydrogen) atoms. The maximum atomic E-state index is 9.51. The molecule has 0 heterocycles. The molecule has 0 bridgehead atoms. The van der Waals surface area contributed by atoms with Gasteiger partial charge in [-0.2, -0.15) is 0 Å². The van der Waals surface area contributed by atoms with Crippen LogP contribution in [-0.2, 0) is 12.0 Å². The zero-order valence-corrected chi connectivity index (χ0v) is 9.26. The van der Waals surface area contributed by atoms with Crippen LogP contribution < -0.4 is 0 Å². The fourth-order valence-corrected chi connectivity index (χ4v) is 1.65. The Morgan fingerprint density at radius 3 is 2.21 bits per heavy atom. The molecule has 0 aliphatic heterocycles. The van der Waals surface area contributed by atoms with E-state index in [0.717, 1.165) is 16.7 Å². The third kappa shape index (κ3) is 1.90. The molecular formula is C12H18O2. The van der Waals surface area contributed by atoms with Crippen molar-refractivity contribution in [2.75, 3.05) is 0 Å². The van der Waals surface area contributed by atoms with E-state index < -0.39 is 0 Å². The van der Waals surface area contributed by atoms with Crippen LogP contribution in [0.15, 0.2) is 12.1 Å². The second-order valence-electron chi connectivity index (χ2n) is 4.64. The monoisotopic (exact) mass is 194 g/mol. The highest BCUT2D eigenvalue weighted by Crippen LogP contribution is 2.31. The van der Waals surface area contributed by atoms with Crippen molar-refractivity contribution in [2.24, 2.45) is 0 Å². The standard InChI is InChI=1S/C12H18O2/c1-8-9(7-13)10(12(2,3)4)5-6-11(8)14/h5-6,13-14H,7H2,1-4H3. The molecule has 0 aliphatic rings. The van der Waals surface area contributed by atoms with Crippen LogP contribution in [-0.4, -0.2) is 10.2 Å². The first-order valence-corrected chi connectivity index (χ1v) is 4.80. The van der Waals surface area contributed by atoms with Gasteiger partial charge in [-0.15, -0.1) is 0 Å². The number of hydrogen-bond acceptors (Lipinski definition) is 2. The van der Waals surface area contributed by atoms with Gasteiger partial charge in [0.25, 0.3) is 0 Å². The van der Waals surface area contributed by atoms with E-state index in [1.54, 1.807) is 6.07 Å². The predicted molar refractivity (Wildman–Crippen MR) is 57.5 cm³/mol. The molecule has 0 spiro atoms. The maximum Gasteiger partial charge on any atom is 0.118 e. The summed E-state index contributed by atoms with van der Waals surface area (Å²) in [4.78, 5) is 0. The molecule has 1 rings (SSSR count). The zero-order chi connectivity index (χ0) is 10.9. The van der Waals surface area contributed by atoms with Gasteiger partial charge in [0, 0.05) is 0 Å². The van der Waals surface area contributed by atoms with Crippen LogP contribution in [0.3, 0.4) is 0 Å². The Bertz CT molecular complexity index is 335. The van der Waals surface area contributed by atoms with Crippen molar-refractivity contribution in [1.82, 2.24) is 0 Å². The van der Waals surface area contributed by atoms with Gasteiger partial charge in [0.05, 0.1) is 6.61 Å². The lowest BCUT2D eigenvalue weighted by Crippen LogP contribution is -2.15. The first-order valence-electron chi connectivity index (χ1n) is 4.80. The maximum absolute atomic E-state index is 9.51. The Morgan fingerprint density at radius 2 is 1.79 bits per heavy atom. The van der Waals surface area contributed by atoms with E-state index in [4.69, 9.17) is 0 Å². The molecule has 2 nitrogen and oxygen atoms in total. The van der Waals surface area contributed by atoms with Gasteiger partial charge < -0.3 is 10.2 Å². The van der Waals surface area contributed by atoms with Crippen LogP contribution in [0.4, 0.5) is 0 Å². The van der Waals surface area contributed by atoms with E-state index in [9.17, 15) is 10.2 Å². The Morgan fingerprint density at radius 1 is 1.21 bits per heavy atom. The van der Waals surface area contributed by atoms with Gasteiger partial charge in [-0.25, -0.2) is 0 Å². The molecule has 0 saturated carbocycles. The molecule has 0 unspecified atom stereocenters. The van der Waals surface area contributed by atoms with E-state index in [0.29, 0.717) is 0 Å². The minimum Gasteiger partial charge on any atom is -0.508 e. The number of aromatic hydroxyl groups is 1. The van der Waals surface area contributed by atoms with E-state index in [1.807, 2.05) is 13.0 Å². The van der Waals surface area contributed by atoms with E-state index in [2.05, 4.69) is 20.8 Å². The van der Waals surface area contributed by atoms with Crippen molar-refractivity contribution < 1.29 is 10.2 Å². The predicted octanol–water partition coefficient (Wildman–Crippen LogP) is 2.49. The van der Waals surface area contributed by atoms with Crippen LogP contribution in [0.2, 0.25) is 0 Å². The smallest absolute Gasteiger partial charge is 0.118 e. The number of rotatable bonds is 1. The van der Waals surface area contributed by atoms with Gasteiger partial charge in [-0.3, -0.25) is 0 Å². The summed E-state index contributed by atoms with van der Waals surface area (Å²) in [6.45, 7) is 8.09. The van der Waals surface area contributed by atoms with Crippen LogP contribution in [0, 0.1) is 6.92 Å². The highest BCUT2D eigenvalue weighted by Gasteiger charge is 2.19. The van der Waals surface area contributed by atoms with E-state index >= 15 is 0 Å². The van der Waals surface area contributed by atoms with Gasteiger partial charge in [0.1, 0.15) is 5.75 Å². The van der Waals surface area contributed by atoms with Crippen molar-refractivity contribution in [1.29, 1.82) is 0 Å². The molecule has 2 N–H and O–H groups in total. The topological polar surface area (TPSA) is 40.5 Å². The minimum atomic E-state index is -0.0210. The summed E-state index contributed by atoms with van der Waals surface area (Å²) >= 11 is 0. The number of aliphatic hydroxyl groups is 1. The summed E-state index contributed by atoms with van der Waals surface area (Å²) in [5, 5.41) is 18.8. The van der Waals surface area contributed by atoms with Crippen LogP contribution >= 0.6 is 0 Å². The third-order valence-corrected chi connectivity index (χ3v) is 2.54. The highest BCUT2D eigenvalue weighted by molar-refractivity contribution is 5.45. The van der Waals surface area contributed by atoms with E-state index in [-0.39, 0.29) is 17.8 Å². The molecule has 0 aromatic heterocycles. The largest absolute Gasteiger partial charge is 0.508 e. The number of phenolic OH excluding ortho intramolecular Hbond substituents is 1. The molecule has 0 aliphatic carbocycles. The average molecular weight is 194 g/mol. The second-order valence-corrected chi connectivity index (χ2v) is 4.64. The average Bonchev–Trinajstić information content (AvgIpc) is 2.07. The van der Waals surface area contributed by atoms with Gasteiger partial charge >= 0.3 is 0 Å². The molecule has 2 heteroatoms. The molecule has 0 radical (unpaired) electrons. The normalized spacial score (nSPS) is 11.8. The molecule has 1 aromatic carbocycles. The van der Waals surface area contributed by atoms with Gasteiger partial charge in [0.15, 0.2) is 0 Å². The summed E-state index contributed by atoms with van der Waals surface area (Å²) in [7, 11) is 0. The SMILES string of the molecule is Cc1c(O)ccc(C(C)(C)C)c1CO. The first kappa shape index (κ1) is 11.1. The molecule has 0 amide bonds. The van der Waals surface area contributed by atoms with Crippen molar-refractivity contribution in [3.8, 4) is 5.75 Å². The zero-order valence-electron chi connectivity index (χ0n) is 9.26. The fraction of sp³-hybridized carbons (Fsp3) is 0.500. The molecule has 0 fully saturated rings. The quantitative estimate of drug-likeness (QED) is 0.721. The van der Waals surface area contributed by atoms with Crippen LogP contribution in [0.5, 0.6) is 5.75 Å². The lowest BCUT2D eigenvalue weighted by Gasteiger charge is -2.23. The van der Waals surface area contributed by atoms with Gasteiger partial charge in [-0.1, -0.05) is 26.8 Å². The molecule has 0 saturated heterocycles. The Balaban J connectivity index is 3.39. The Kier molecular flexibility index (Phi) is 2.86. The van der Waals surface area contributed by atoms with Gasteiger partial charge in [-0.05, 0) is 35.1 Å². The van der Waals surface area contributed by atoms with Crippen LogP contribution in [0.25, 0.3) is 0 Å². The van der Waals surface area contributed by atoms with Crippen LogP contribution in [0.1, 0.15) is 37.5 Å².